The van der Waals surface area contributed by atoms with Crippen LogP contribution in [0.15, 0.2) is 42.5 Å². The van der Waals surface area contributed by atoms with Crippen molar-refractivity contribution in [2.75, 3.05) is 17.7 Å². The third-order valence-electron chi connectivity index (χ3n) is 3.54. The number of hydrogen-bond acceptors (Lipinski definition) is 3. The van der Waals surface area contributed by atoms with Crippen molar-refractivity contribution in [3.05, 3.63) is 53.1 Å². The molecule has 0 radical (unpaired) electrons. The van der Waals surface area contributed by atoms with Gasteiger partial charge in [0.25, 0.3) is 0 Å². The van der Waals surface area contributed by atoms with Crippen molar-refractivity contribution in [2.24, 2.45) is 0 Å². The molecule has 1 amide bonds. The Labute approximate surface area is 127 Å². The number of ether oxygens (including phenoxy) is 1. The van der Waals surface area contributed by atoms with E-state index in [4.69, 9.17) is 22.1 Å². The van der Waals surface area contributed by atoms with E-state index in [2.05, 4.69) is 5.32 Å². The molecular weight excluding hydrogens is 288 g/mol. The van der Waals surface area contributed by atoms with Crippen molar-refractivity contribution < 1.29 is 9.53 Å². The van der Waals surface area contributed by atoms with E-state index in [1.54, 1.807) is 18.2 Å². The zero-order valence-corrected chi connectivity index (χ0v) is 12.1. The number of rotatable bonds is 2. The Bertz CT molecular complexity index is 688. The molecule has 108 valence electrons. The topological polar surface area (TPSA) is 64.3 Å². The van der Waals surface area contributed by atoms with Crippen LogP contribution in [0.4, 0.5) is 11.4 Å². The number of nitrogens with two attached hydrogens (primary N) is 1. The molecule has 0 fully saturated rings. The van der Waals surface area contributed by atoms with E-state index in [9.17, 15) is 4.79 Å². The number of carbonyl (C=O) groups excluding carboxylic acids is 1. The van der Waals surface area contributed by atoms with Crippen LogP contribution in [0.2, 0.25) is 5.02 Å². The summed E-state index contributed by atoms with van der Waals surface area (Å²) in [6.45, 7) is 0.540. The van der Waals surface area contributed by atoms with Crippen LogP contribution in [0.25, 0.3) is 0 Å². The number of anilines is 2. The van der Waals surface area contributed by atoms with Crippen molar-refractivity contribution in [1.82, 2.24) is 0 Å². The largest absolute Gasteiger partial charge is 0.493 e. The number of nitrogen functional groups attached to an aromatic ring is 1. The van der Waals surface area contributed by atoms with E-state index < -0.39 is 0 Å². The predicted molar refractivity (Wildman–Crippen MR) is 83.8 cm³/mol. The summed E-state index contributed by atoms with van der Waals surface area (Å²) in [4.78, 5) is 12.5. The number of halogens is 1. The van der Waals surface area contributed by atoms with Gasteiger partial charge in [0.2, 0.25) is 5.91 Å². The van der Waals surface area contributed by atoms with Crippen LogP contribution < -0.4 is 15.8 Å². The molecule has 1 aliphatic rings. The lowest BCUT2D eigenvalue weighted by Gasteiger charge is -2.25. The molecule has 0 saturated carbocycles. The number of hydrogen-bond donors (Lipinski definition) is 2. The summed E-state index contributed by atoms with van der Waals surface area (Å²) in [5, 5.41) is 3.36. The lowest BCUT2D eigenvalue weighted by atomic mass is 9.92. The fourth-order valence-corrected chi connectivity index (χ4v) is 2.58. The standard InChI is InChI=1S/C16H15ClN2O2/c17-13-6-5-10(9-14(13)18)19-16(20)12-7-8-21-15-4-2-1-3-11(12)15/h1-6,9,12H,7-8,18H2,(H,19,20). The average Bonchev–Trinajstić information content (AvgIpc) is 2.50. The van der Waals surface area contributed by atoms with Crippen LogP contribution in [0, 0.1) is 0 Å². The van der Waals surface area contributed by atoms with Gasteiger partial charge in [0.1, 0.15) is 5.75 Å². The molecule has 4 nitrogen and oxygen atoms in total. The van der Waals surface area contributed by atoms with Crippen molar-refractivity contribution in [1.29, 1.82) is 0 Å². The Morgan fingerprint density at radius 2 is 2.10 bits per heavy atom. The molecule has 0 aliphatic carbocycles. The molecule has 0 saturated heterocycles. The average molecular weight is 303 g/mol. The minimum absolute atomic E-state index is 0.0625. The molecule has 3 N–H and O–H groups in total. The van der Waals surface area contributed by atoms with Gasteiger partial charge in [0, 0.05) is 11.3 Å². The second-order valence-electron chi connectivity index (χ2n) is 4.95. The van der Waals surface area contributed by atoms with Crippen molar-refractivity contribution in [3.63, 3.8) is 0 Å². The number of carbonyl (C=O) groups is 1. The molecule has 5 heteroatoms. The molecule has 2 aromatic carbocycles. The summed E-state index contributed by atoms with van der Waals surface area (Å²) in [5.74, 6) is 0.499. The molecule has 0 spiro atoms. The van der Waals surface area contributed by atoms with E-state index in [0.29, 0.717) is 29.4 Å². The first-order valence-corrected chi connectivity index (χ1v) is 7.10. The number of amides is 1. The van der Waals surface area contributed by atoms with Crippen LogP contribution in [0.5, 0.6) is 5.75 Å². The van der Waals surface area contributed by atoms with Gasteiger partial charge in [-0.05, 0) is 30.7 Å². The van der Waals surface area contributed by atoms with E-state index in [1.165, 1.54) is 0 Å². The lowest BCUT2D eigenvalue weighted by Crippen LogP contribution is -2.26. The summed E-state index contributed by atoms with van der Waals surface area (Å²) in [7, 11) is 0. The predicted octanol–water partition coefficient (Wildman–Crippen LogP) is 3.43. The van der Waals surface area contributed by atoms with Crippen LogP contribution in [-0.2, 0) is 4.79 Å². The Morgan fingerprint density at radius 3 is 2.90 bits per heavy atom. The summed E-state index contributed by atoms with van der Waals surface area (Å²) in [5.41, 5.74) is 7.76. The van der Waals surface area contributed by atoms with Gasteiger partial charge in [-0.15, -0.1) is 0 Å². The Hall–Kier alpha value is -2.20. The summed E-state index contributed by atoms with van der Waals surface area (Å²) in [6.07, 6.45) is 0.659. The Morgan fingerprint density at radius 1 is 1.29 bits per heavy atom. The summed E-state index contributed by atoms with van der Waals surface area (Å²) < 4.78 is 5.57. The van der Waals surface area contributed by atoms with Gasteiger partial charge >= 0.3 is 0 Å². The second kappa shape index (κ2) is 5.66. The highest BCUT2D eigenvalue weighted by atomic mass is 35.5. The van der Waals surface area contributed by atoms with Crippen molar-refractivity contribution in [2.45, 2.75) is 12.3 Å². The quantitative estimate of drug-likeness (QED) is 0.835. The highest BCUT2D eigenvalue weighted by Crippen LogP contribution is 2.34. The van der Waals surface area contributed by atoms with E-state index in [1.807, 2.05) is 24.3 Å². The third-order valence-corrected chi connectivity index (χ3v) is 3.88. The fourth-order valence-electron chi connectivity index (χ4n) is 2.47. The molecule has 3 rings (SSSR count). The third kappa shape index (κ3) is 2.81. The normalized spacial score (nSPS) is 16.7. The number of nitrogens with one attached hydrogen (secondary N) is 1. The van der Waals surface area contributed by atoms with Gasteiger partial charge in [-0.2, -0.15) is 0 Å². The molecule has 0 aromatic heterocycles. The highest BCUT2D eigenvalue weighted by Gasteiger charge is 2.27. The van der Waals surface area contributed by atoms with Crippen LogP contribution >= 0.6 is 11.6 Å². The monoisotopic (exact) mass is 302 g/mol. The van der Waals surface area contributed by atoms with Gasteiger partial charge in [-0.1, -0.05) is 29.8 Å². The maximum Gasteiger partial charge on any atom is 0.232 e. The number of fused-ring (bicyclic) bond motifs is 1. The van der Waals surface area contributed by atoms with Crippen molar-refractivity contribution in [3.8, 4) is 5.75 Å². The molecule has 2 aromatic rings. The minimum Gasteiger partial charge on any atom is -0.493 e. The Balaban J connectivity index is 1.81. The molecule has 1 unspecified atom stereocenters. The van der Waals surface area contributed by atoms with Gasteiger partial charge in [0.15, 0.2) is 0 Å². The van der Waals surface area contributed by atoms with Gasteiger partial charge in [-0.25, -0.2) is 0 Å². The zero-order valence-electron chi connectivity index (χ0n) is 11.3. The zero-order chi connectivity index (χ0) is 14.8. The van der Waals surface area contributed by atoms with Crippen LogP contribution in [0.3, 0.4) is 0 Å². The van der Waals surface area contributed by atoms with E-state index in [0.717, 1.165) is 11.3 Å². The first kappa shape index (κ1) is 13.8. The summed E-state index contributed by atoms with van der Waals surface area (Å²) in [6, 6.07) is 12.7. The van der Waals surface area contributed by atoms with Gasteiger partial charge in [0.05, 0.1) is 23.2 Å². The maximum atomic E-state index is 12.5. The molecule has 1 heterocycles. The molecular formula is C16H15ClN2O2. The van der Waals surface area contributed by atoms with Crippen LogP contribution in [0.1, 0.15) is 17.9 Å². The molecule has 0 bridgehead atoms. The first-order valence-electron chi connectivity index (χ1n) is 6.73. The van der Waals surface area contributed by atoms with E-state index in [-0.39, 0.29) is 11.8 Å². The number of benzene rings is 2. The number of para-hydroxylation sites is 1. The van der Waals surface area contributed by atoms with Crippen LogP contribution in [-0.4, -0.2) is 12.5 Å². The van der Waals surface area contributed by atoms with E-state index >= 15 is 0 Å². The minimum atomic E-state index is -0.216. The first-order chi connectivity index (χ1) is 10.1. The lowest BCUT2D eigenvalue weighted by molar-refractivity contribution is -0.118. The van der Waals surface area contributed by atoms with Gasteiger partial charge < -0.3 is 15.8 Å². The highest BCUT2D eigenvalue weighted by molar-refractivity contribution is 6.33. The maximum absolute atomic E-state index is 12.5. The molecule has 21 heavy (non-hydrogen) atoms. The fraction of sp³-hybridized carbons (Fsp3) is 0.188. The Kier molecular flexibility index (Phi) is 3.71. The second-order valence-corrected chi connectivity index (χ2v) is 5.36. The summed E-state index contributed by atoms with van der Waals surface area (Å²) >= 11 is 5.88. The van der Waals surface area contributed by atoms with Gasteiger partial charge in [-0.3, -0.25) is 4.79 Å². The van der Waals surface area contributed by atoms with Crippen molar-refractivity contribution >= 4 is 28.9 Å². The molecule has 1 aliphatic heterocycles. The molecule has 1 atom stereocenters. The SMILES string of the molecule is Nc1cc(NC(=O)C2CCOc3ccccc32)ccc1Cl. The smallest absolute Gasteiger partial charge is 0.232 e.